The van der Waals surface area contributed by atoms with E-state index >= 15 is 0 Å². The molecule has 1 unspecified atom stereocenters. The average Bonchev–Trinajstić information content (AvgIpc) is 3.09. The lowest BCUT2D eigenvalue weighted by atomic mass is 9.95. The fourth-order valence-electron chi connectivity index (χ4n) is 2.61. The lowest BCUT2D eigenvalue weighted by Crippen LogP contribution is -2.09. The van der Waals surface area contributed by atoms with E-state index in [9.17, 15) is 4.57 Å². The smallest absolute Gasteiger partial charge is 0.200 e. The molecule has 18 heavy (non-hydrogen) atoms. The summed E-state index contributed by atoms with van der Waals surface area (Å²) in [4.78, 5) is 0. The fraction of sp³-hybridized carbons (Fsp3) is 0.600. The van der Waals surface area contributed by atoms with Crippen LogP contribution in [0.2, 0.25) is 0 Å². The van der Waals surface area contributed by atoms with Crippen molar-refractivity contribution < 1.29 is 9.09 Å². The van der Waals surface area contributed by atoms with Crippen molar-refractivity contribution in [2.75, 3.05) is 19.4 Å². The molecule has 0 radical (unpaired) electrons. The Morgan fingerprint density at radius 3 is 2.72 bits per heavy atom. The van der Waals surface area contributed by atoms with E-state index in [1.54, 1.807) is 6.66 Å². The standard InChI is InChI=1S/C15H23O2P/c1-4-17-18(3,16)11-15(13-8-9-13)14-7-5-6-12(2)10-14/h5-7,10,13,15H,4,8-9,11H2,1-3H3/t15-,18?/m0/s1. The zero-order valence-corrected chi connectivity index (χ0v) is 12.5. The molecule has 100 valence electrons. The summed E-state index contributed by atoms with van der Waals surface area (Å²) in [6, 6.07) is 8.61. The van der Waals surface area contributed by atoms with E-state index in [-0.39, 0.29) is 0 Å². The molecule has 0 N–H and O–H groups in total. The third kappa shape index (κ3) is 3.70. The first-order valence-corrected chi connectivity index (χ1v) is 9.05. The van der Waals surface area contributed by atoms with Crippen LogP contribution in [-0.2, 0) is 9.09 Å². The van der Waals surface area contributed by atoms with Crippen LogP contribution in [0.5, 0.6) is 0 Å². The summed E-state index contributed by atoms with van der Waals surface area (Å²) in [5.74, 6) is 1.12. The Labute approximate surface area is 110 Å². The van der Waals surface area contributed by atoms with Crippen LogP contribution in [0.15, 0.2) is 24.3 Å². The van der Waals surface area contributed by atoms with Crippen molar-refractivity contribution in [3.8, 4) is 0 Å². The maximum atomic E-state index is 12.4. The van der Waals surface area contributed by atoms with Crippen LogP contribution in [0.3, 0.4) is 0 Å². The van der Waals surface area contributed by atoms with Gasteiger partial charge in [0, 0.05) is 12.8 Å². The third-order valence-electron chi connectivity index (χ3n) is 3.59. The molecule has 0 amide bonds. The minimum absolute atomic E-state index is 0.410. The van der Waals surface area contributed by atoms with Gasteiger partial charge in [-0.05, 0) is 44.1 Å². The summed E-state index contributed by atoms with van der Waals surface area (Å²) in [5.41, 5.74) is 2.61. The summed E-state index contributed by atoms with van der Waals surface area (Å²) in [6.07, 6.45) is 3.23. The van der Waals surface area contributed by atoms with E-state index < -0.39 is 7.37 Å². The molecule has 1 fully saturated rings. The van der Waals surface area contributed by atoms with Crippen molar-refractivity contribution >= 4 is 7.37 Å². The van der Waals surface area contributed by atoms with E-state index in [1.807, 2.05) is 6.92 Å². The van der Waals surface area contributed by atoms with Gasteiger partial charge in [-0.25, -0.2) is 0 Å². The Kier molecular flexibility index (Phi) is 4.29. The lowest BCUT2D eigenvalue weighted by Gasteiger charge is -2.21. The van der Waals surface area contributed by atoms with Crippen molar-refractivity contribution in [2.45, 2.75) is 32.6 Å². The number of hydrogen-bond donors (Lipinski definition) is 0. The van der Waals surface area contributed by atoms with Crippen LogP contribution >= 0.6 is 7.37 Å². The highest BCUT2D eigenvalue weighted by Crippen LogP contribution is 2.53. The summed E-state index contributed by atoms with van der Waals surface area (Å²) >= 11 is 0. The van der Waals surface area contributed by atoms with E-state index in [0.29, 0.717) is 24.6 Å². The molecule has 0 aromatic heterocycles. The van der Waals surface area contributed by atoms with Gasteiger partial charge in [-0.15, -0.1) is 0 Å². The normalized spacial score (nSPS) is 20.4. The molecule has 1 aromatic carbocycles. The van der Waals surface area contributed by atoms with Gasteiger partial charge >= 0.3 is 0 Å². The quantitative estimate of drug-likeness (QED) is 0.712. The summed E-state index contributed by atoms with van der Waals surface area (Å²) in [7, 11) is -2.44. The predicted octanol–water partition coefficient (Wildman–Crippen LogP) is 4.43. The highest BCUT2D eigenvalue weighted by molar-refractivity contribution is 7.58. The monoisotopic (exact) mass is 266 g/mol. The molecule has 0 heterocycles. The molecule has 2 atom stereocenters. The van der Waals surface area contributed by atoms with Gasteiger partial charge in [0.2, 0.25) is 7.37 Å². The first kappa shape index (κ1) is 13.8. The van der Waals surface area contributed by atoms with Crippen molar-refractivity contribution in [1.82, 2.24) is 0 Å². The van der Waals surface area contributed by atoms with Gasteiger partial charge < -0.3 is 4.52 Å². The summed E-state index contributed by atoms with van der Waals surface area (Å²) in [6.45, 7) is 6.34. The van der Waals surface area contributed by atoms with Crippen molar-refractivity contribution in [3.63, 3.8) is 0 Å². The molecule has 1 saturated carbocycles. The van der Waals surface area contributed by atoms with E-state index in [4.69, 9.17) is 4.52 Å². The van der Waals surface area contributed by atoms with Gasteiger partial charge in [0.15, 0.2) is 0 Å². The van der Waals surface area contributed by atoms with Crippen LogP contribution in [0, 0.1) is 12.8 Å². The molecule has 0 saturated heterocycles. The Bertz CT molecular complexity index is 452. The zero-order chi connectivity index (χ0) is 13.2. The molecule has 2 nitrogen and oxygen atoms in total. The van der Waals surface area contributed by atoms with Crippen molar-refractivity contribution in [3.05, 3.63) is 35.4 Å². The SMILES string of the molecule is CCOP(C)(=O)C[C@H](c1cccc(C)c1)C1CC1. The molecule has 1 aliphatic carbocycles. The fourth-order valence-corrected chi connectivity index (χ4v) is 4.48. The lowest BCUT2D eigenvalue weighted by molar-refractivity contribution is 0.334. The van der Waals surface area contributed by atoms with Crippen LogP contribution in [0.1, 0.15) is 36.8 Å². The highest BCUT2D eigenvalue weighted by Gasteiger charge is 2.36. The Hall–Kier alpha value is -0.590. The first-order valence-electron chi connectivity index (χ1n) is 6.79. The van der Waals surface area contributed by atoms with Crippen LogP contribution in [-0.4, -0.2) is 19.4 Å². The van der Waals surface area contributed by atoms with Crippen LogP contribution in [0.25, 0.3) is 0 Å². The second-order valence-corrected chi connectivity index (χ2v) is 8.12. The second-order valence-electron chi connectivity index (χ2n) is 5.47. The molecule has 3 heteroatoms. The maximum Gasteiger partial charge on any atom is 0.200 e. The van der Waals surface area contributed by atoms with Gasteiger partial charge in [-0.2, -0.15) is 0 Å². The van der Waals surface area contributed by atoms with Crippen LogP contribution in [0.4, 0.5) is 0 Å². The van der Waals surface area contributed by atoms with Crippen molar-refractivity contribution in [2.24, 2.45) is 5.92 Å². The Balaban J connectivity index is 2.16. The number of benzene rings is 1. The number of hydrogen-bond acceptors (Lipinski definition) is 2. The van der Waals surface area contributed by atoms with Gasteiger partial charge in [0.05, 0.1) is 6.61 Å². The maximum absolute atomic E-state index is 12.4. The van der Waals surface area contributed by atoms with E-state index in [0.717, 1.165) is 0 Å². The predicted molar refractivity (Wildman–Crippen MR) is 76.7 cm³/mol. The average molecular weight is 266 g/mol. The molecule has 0 spiro atoms. The van der Waals surface area contributed by atoms with Crippen LogP contribution < -0.4 is 0 Å². The number of aryl methyl sites for hydroxylation is 1. The third-order valence-corrected chi connectivity index (χ3v) is 5.45. The summed E-state index contributed by atoms with van der Waals surface area (Å²) in [5, 5.41) is 0. The summed E-state index contributed by atoms with van der Waals surface area (Å²) < 4.78 is 17.8. The van der Waals surface area contributed by atoms with Gasteiger partial charge in [0.25, 0.3) is 0 Å². The van der Waals surface area contributed by atoms with Gasteiger partial charge in [-0.3, -0.25) is 4.57 Å². The molecular formula is C15H23O2P. The van der Waals surface area contributed by atoms with E-state index in [2.05, 4.69) is 31.2 Å². The van der Waals surface area contributed by atoms with Gasteiger partial charge in [0.1, 0.15) is 0 Å². The molecule has 0 aliphatic heterocycles. The molecule has 1 aromatic rings. The topological polar surface area (TPSA) is 26.3 Å². The molecule has 1 aliphatic rings. The van der Waals surface area contributed by atoms with E-state index in [1.165, 1.54) is 24.0 Å². The number of rotatable bonds is 6. The highest BCUT2D eigenvalue weighted by atomic mass is 31.2. The Morgan fingerprint density at radius 2 is 2.17 bits per heavy atom. The largest absolute Gasteiger partial charge is 0.329 e. The molecule has 2 rings (SSSR count). The van der Waals surface area contributed by atoms with Gasteiger partial charge in [-0.1, -0.05) is 29.8 Å². The molecule has 0 bridgehead atoms. The Morgan fingerprint density at radius 1 is 1.44 bits per heavy atom. The van der Waals surface area contributed by atoms with Crippen molar-refractivity contribution in [1.29, 1.82) is 0 Å². The first-order chi connectivity index (χ1) is 8.52. The molecular weight excluding hydrogens is 243 g/mol. The minimum Gasteiger partial charge on any atom is -0.329 e. The second kappa shape index (κ2) is 5.59. The zero-order valence-electron chi connectivity index (χ0n) is 11.6. The minimum atomic E-state index is -2.44.